The van der Waals surface area contributed by atoms with E-state index in [1.807, 2.05) is 31.2 Å². The topological polar surface area (TPSA) is 59.8 Å². The van der Waals surface area contributed by atoms with E-state index in [2.05, 4.69) is 0 Å². The number of quaternary nitrogens is 1. The summed E-state index contributed by atoms with van der Waals surface area (Å²) in [5, 5.41) is 12.0. The average molecular weight is 193 g/mol. The van der Waals surface area contributed by atoms with E-state index in [0.29, 0.717) is 0 Å². The molecular weight excluding hydrogens is 180 g/mol. The first-order valence-corrected chi connectivity index (χ1v) is 4.32. The van der Waals surface area contributed by atoms with Gasteiger partial charge in [-0.1, -0.05) is 17.7 Å². The molecule has 0 aromatic heterocycles. The number of hydrogen-bond donors (Lipinski definition) is 1. The molecule has 4 nitrogen and oxygen atoms in total. The molecule has 1 aromatic carbocycles. The highest BCUT2D eigenvalue weighted by Gasteiger charge is 2.03. The smallest absolute Gasteiger partial charge is 0.282 e. The van der Waals surface area contributed by atoms with Crippen molar-refractivity contribution in [1.82, 2.24) is 0 Å². The van der Waals surface area contributed by atoms with Crippen molar-refractivity contribution in [2.24, 2.45) is 0 Å². The van der Waals surface area contributed by atoms with E-state index in [1.54, 1.807) is 5.32 Å². The number of hydrogen-bond acceptors (Lipinski definition) is 2. The van der Waals surface area contributed by atoms with Crippen LogP contribution < -0.4 is 5.32 Å². The van der Waals surface area contributed by atoms with Crippen molar-refractivity contribution >= 4 is 5.69 Å². The maximum Gasteiger partial charge on any atom is 0.295 e. The van der Waals surface area contributed by atoms with Crippen molar-refractivity contribution in [2.75, 3.05) is 0 Å². The molecule has 14 heavy (non-hydrogen) atoms. The Balaban J connectivity index is 2.66. The van der Waals surface area contributed by atoms with Crippen molar-refractivity contribution in [1.29, 1.82) is 0 Å². The van der Waals surface area contributed by atoms with E-state index < -0.39 is 4.92 Å². The number of allylic oxidation sites excluding steroid dienone is 1. The molecule has 0 unspecified atom stereocenters. The van der Waals surface area contributed by atoms with Crippen LogP contribution in [0.3, 0.4) is 0 Å². The molecule has 0 spiro atoms. The molecule has 0 saturated carbocycles. The summed E-state index contributed by atoms with van der Waals surface area (Å²) in [6.45, 7) is 3.48. The highest BCUT2D eigenvalue weighted by molar-refractivity contribution is 5.31. The average Bonchev–Trinajstić information content (AvgIpc) is 2.16. The fourth-order valence-corrected chi connectivity index (χ4v) is 0.955. The molecule has 0 radical (unpaired) electrons. The summed E-state index contributed by atoms with van der Waals surface area (Å²) in [6.07, 6.45) is 1.50. The molecule has 0 atom stereocenters. The van der Waals surface area contributed by atoms with Gasteiger partial charge in [-0.2, -0.15) is 0 Å². The van der Waals surface area contributed by atoms with Crippen LogP contribution in [0.15, 0.2) is 36.2 Å². The Morgan fingerprint density at radius 3 is 2.50 bits per heavy atom. The van der Waals surface area contributed by atoms with E-state index in [4.69, 9.17) is 0 Å². The zero-order valence-corrected chi connectivity index (χ0v) is 8.23. The Bertz CT molecular complexity index is 355. The molecule has 0 heterocycles. The molecule has 74 valence electrons. The minimum Gasteiger partial charge on any atom is -0.282 e. The lowest BCUT2D eigenvalue weighted by molar-refractivity contribution is -0.516. The Kier molecular flexibility index (Phi) is 3.36. The maximum absolute atomic E-state index is 10.3. The SMILES string of the molecule is C/C(=C/[NH2+]c1ccc(C)cc1)[N+](=O)[O-]. The maximum atomic E-state index is 10.3. The molecule has 0 amide bonds. The lowest BCUT2D eigenvalue weighted by Gasteiger charge is -1.95. The fourth-order valence-electron chi connectivity index (χ4n) is 0.955. The fraction of sp³-hybridized carbons (Fsp3) is 0.200. The molecule has 2 N–H and O–H groups in total. The van der Waals surface area contributed by atoms with Crippen LogP contribution in [-0.4, -0.2) is 4.92 Å². The third kappa shape index (κ3) is 2.99. The number of nitrogens with zero attached hydrogens (tertiary/aromatic N) is 1. The van der Waals surface area contributed by atoms with E-state index in [-0.39, 0.29) is 5.70 Å². The van der Waals surface area contributed by atoms with Gasteiger partial charge >= 0.3 is 0 Å². The van der Waals surface area contributed by atoms with Crippen LogP contribution in [0.4, 0.5) is 5.69 Å². The number of nitrogens with two attached hydrogens (primary N) is 1. The first kappa shape index (κ1) is 10.4. The highest BCUT2D eigenvalue weighted by atomic mass is 16.6. The summed E-state index contributed by atoms with van der Waals surface area (Å²) < 4.78 is 0. The standard InChI is InChI=1S/C10H12N2O2/c1-8-3-5-10(6-4-8)11-7-9(2)12(13)14/h3-7,11H,1-2H3/p+1/b9-7-. The quantitative estimate of drug-likeness (QED) is 0.447. The van der Waals surface area contributed by atoms with Gasteiger partial charge < -0.3 is 0 Å². The summed E-state index contributed by atoms with van der Waals surface area (Å²) in [5.41, 5.74) is 2.29. The van der Waals surface area contributed by atoms with Gasteiger partial charge in [0.2, 0.25) is 0 Å². The second-order valence-electron chi connectivity index (χ2n) is 3.14. The predicted octanol–water partition coefficient (Wildman–Crippen LogP) is 1.33. The van der Waals surface area contributed by atoms with Gasteiger partial charge in [0, 0.05) is 6.92 Å². The Morgan fingerprint density at radius 1 is 1.43 bits per heavy atom. The first-order valence-electron chi connectivity index (χ1n) is 4.32. The number of benzene rings is 1. The van der Waals surface area contributed by atoms with Crippen LogP contribution in [0.2, 0.25) is 0 Å². The van der Waals surface area contributed by atoms with Gasteiger partial charge in [-0.25, -0.2) is 0 Å². The van der Waals surface area contributed by atoms with E-state index in [0.717, 1.165) is 5.69 Å². The molecule has 0 saturated heterocycles. The van der Waals surface area contributed by atoms with E-state index >= 15 is 0 Å². The van der Waals surface area contributed by atoms with Gasteiger partial charge in [-0.15, -0.1) is 0 Å². The minimum absolute atomic E-state index is 0.144. The zero-order valence-electron chi connectivity index (χ0n) is 8.23. The number of aryl methyl sites for hydroxylation is 1. The summed E-state index contributed by atoms with van der Waals surface area (Å²) >= 11 is 0. The van der Waals surface area contributed by atoms with E-state index in [9.17, 15) is 10.1 Å². The van der Waals surface area contributed by atoms with Crippen molar-refractivity contribution in [3.05, 3.63) is 51.8 Å². The summed E-state index contributed by atoms with van der Waals surface area (Å²) in [6, 6.07) is 7.81. The van der Waals surface area contributed by atoms with Crippen LogP contribution in [0.25, 0.3) is 0 Å². The predicted molar refractivity (Wildman–Crippen MR) is 53.5 cm³/mol. The largest absolute Gasteiger partial charge is 0.295 e. The molecule has 0 aliphatic carbocycles. The third-order valence-electron chi connectivity index (χ3n) is 1.88. The van der Waals surface area contributed by atoms with Crippen LogP contribution in [0.5, 0.6) is 0 Å². The molecule has 0 bridgehead atoms. The van der Waals surface area contributed by atoms with Crippen molar-refractivity contribution in [3.8, 4) is 0 Å². The van der Waals surface area contributed by atoms with Crippen molar-refractivity contribution in [3.63, 3.8) is 0 Å². The van der Waals surface area contributed by atoms with Crippen LogP contribution >= 0.6 is 0 Å². The molecule has 4 heteroatoms. The lowest BCUT2D eigenvalue weighted by atomic mass is 10.2. The van der Waals surface area contributed by atoms with Gasteiger partial charge in [0.05, 0.1) is 4.92 Å². The van der Waals surface area contributed by atoms with Crippen molar-refractivity contribution < 1.29 is 10.2 Å². The second kappa shape index (κ2) is 4.53. The molecule has 0 fully saturated rings. The zero-order chi connectivity index (χ0) is 10.6. The van der Waals surface area contributed by atoms with Gasteiger partial charge in [0.1, 0.15) is 5.69 Å². The monoisotopic (exact) mass is 193 g/mol. The molecule has 0 aliphatic rings. The van der Waals surface area contributed by atoms with Crippen LogP contribution in [-0.2, 0) is 0 Å². The summed E-state index contributed by atoms with van der Waals surface area (Å²) in [7, 11) is 0. The van der Waals surface area contributed by atoms with Gasteiger partial charge in [-0.3, -0.25) is 15.4 Å². The first-order chi connectivity index (χ1) is 6.59. The lowest BCUT2D eigenvalue weighted by Crippen LogP contribution is -2.71. The normalized spacial score (nSPS) is 11.4. The van der Waals surface area contributed by atoms with Crippen LogP contribution in [0, 0.1) is 17.0 Å². The number of rotatable bonds is 3. The molecule has 0 aliphatic heterocycles. The Hall–Kier alpha value is -1.68. The summed E-state index contributed by atoms with van der Waals surface area (Å²) in [5.74, 6) is 0. The molecular formula is C10H13N2O2+. The second-order valence-corrected chi connectivity index (χ2v) is 3.14. The Morgan fingerprint density at radius 2 is 2.00 bits per heavy atom. The summed E-state index contributed by atoms with van der Waals surface area (Å²) in [4.78, 5) is 9.89. The van der Waals surface area contributed by atoms with Gasteiger partial charge in [-0.05, 0) is 19.1 Å². The molecule has 1 rings (SSSR count). The van der Waals surface area contributed by atoms with Crippen LogP contribution in [0.1, 0.15) is 12.5 Å². The minimum atomic E-state index is -0.398. The highest BCUT2D eigenvalue weighted by Crippen LogP contribution is 2.02. The third-order valence-corrected chi connectivity index (χ3v) is 1.88. The van der Waals surface area contributed by atoms with Crippen molar-refractivity contribution in [2.45, 2.75) is 13.8 Å². The van der Waals surface area contributed by atoms with Gasteiger partial charge in [0.15, 0.2) is 6.20 Å². The molecule has 1 aromatic rings. The Labute approximate surface area is 82.4 Å². The van der Waals surface area contributed by atoms with E-state index in [1.165, 1.54) is 18.7 Å². The number of nitro groups is 1. The van der Waals surface area contributed by atoms with Gasteiger partial charge in [0.25, 0.3) is 5.70 Å².